The fraction of sp³-hybridized carbons (Fsp3) is 0.391. The third-order valence-corrected chi connectivity index (χ3v) is 5.39. The number of amides is 4. The summed E-state index contributed by atoms with van der Waals surface area (Å²) in [4.78, 5) is 67.5. The molecular weight excluding hydrogens is 486 g/mol. The monoisotopic (exact) mass is 517 g/mol. The molecule has 1 aromatic heterocycles. The summed E-state index contributed by atoms with van der Waals surface area (Å²) in [5, 5.41) is 26.2. The van der Waals surface area contributed by atoms with E-state index in [-0.39, 0.29) is 31.4 Å². The van der Waals surface area contributed by atoms with Crippen LogP contribution in [0.2, 0.25) is 0 Å². The second-order valence-electron chi connectivity index (χ2n) is 8.45. The zero-order valence-electron chi connectivity index (χ0n) is 20.1. The lowest BCUT2D eigenvalue weighted by Gasteiger charge is -2.24. The van der Waals surface area contributed by atoms with Gasteiger partial charge in [-0.05, 0) is 31.0 Å². The Hall–Kier alpha value is -4.46. The van der Waals surface area contributed by atoms with Crippen LogP contribution in [0, 0.1) is 0 Å². The molecule has 4 unspecified atom stereocenters. The first kappa shape index (κ1) is 28.8. The van der Waals surface area contributed by atoms with Crippen LogP contribution >= 0.6 is 0 Å². The van der Waals surface area contributed by atoms with Crippen LogP contribution in [0.25, 0.3) is 0 Å². The maximum absolute atomic E-state index is 13.0. The second-order valence-corrected chi connectivity index (χ2v) is 8.45. The highest BCUT2D eigenvalue weighted by Crippen LogP contribution is 2.12. The highest BCUT2D eigenvalue weighted by molar-refractivity contribution is 5.94. The number of carbonyl (C=O) groups is 5. The molecule has 4 atom stereocenters. The minimum absolute atomic E-state index is 0.00557. The molecule has 0 spiro atoms. The molecule has 37 heavy (non-hydrogen) atoms. The zero-order valence-corrected chi connectivity index (χ0v) is 20.1. The van der Waals surface area contributed by atoms with Gasteiger partial charge in [0.2, 0.25) is 23.6 Å². The van der Waals surface area contributed by atoms with E-state index >= 15 is 0 Å². The first-order valence-corrected chi connectivity index (χ1v) is 11.4. The van der Waals surface area contributed by atoms with Crippen molar-refractivity contribution in [3.05, 3.63) is 48.0 Å². The number of carboxylic acids is 1. The minimum atomic E-state index is -1.42. The summed E-state index contributed by atoms with van der Waals surface area (Å²) in [5.74, 6) is -4.26. The molecule has 0 fully saturated rings. The molecule has 14 heteroatoms. The van der Waals surface area contributed by atoms with E-state index in [0.29, 0.717) is 11.3 Å². The van der Waals surface area contributed by atoms with E-state index in [4.69, 9.17) is 11.5 Å². The van der Waals surface area contributed by atoms with Crippen LogP contribution in [0.1, 0.15) is 31.0 Å². The number of aromatic hydroxyl groups is 1. The fourth-order valence-electron chi connectivity index (χ4n) is 3.30. The lowest BCUT2D eigenvalue weighted by Crippen LogP contribution is -2.57. The maximum Gasteiger partial charge on any atom is 0.326 e. The number of nitrogens with two attached hydrogens (primary N) is 2. The number of phenolic OH excluding ortho intramolecular Hbond substituents is 1. The summed E-state index contributed by atoms with van der Waals surface area (Å²) < 4.78 is 0. The average molecular weight is 518 g/mol. The Morgan fingerprint density at radius 1 is 0.973 bits per heavy atom. The largest absolute Gasteiger partial charge is 0.508 e. The molecule has 0 aliphatic rings. The lowest BCUT2D eigenvalue weighted by molar-refractivity contribution is -0.142. The predicted molar refractivity (Wildman–Crippen MR) is 130 cm³/mol. The molecule has 0 radical (unpaired) electrons. The van der Waals surface area contributed by atoms with E-state index in [9.17, 15) is 34.2 Å². The molecule has 4 amide bonds. The quantitative estimate of drug-likeness (QED) is 0.139. The second kappa shape index (κ2) is 13.6. The van der Waals surface area contributed by atoms with Crippen molar-refractivity contribution >= 4 is 29.6 Å². The van der Waals surface area contributed by atoms with E-state index in [1.807, 2.05) is 0 Å². The highest BCUT2D eigenvalue weighted by Gasteiger charge is 2.29. The highest BCUT2D eigenvalue weighted by atomic mass is 16.4. The zero-order chi connectivity index (χ0) is 27.5. The van der Waals surface area contributed by atoms with Gasteiger partial charge in [0, 0.05) is 31.2 Å². The Bertz CT molecular complexity index is 1090. The van der Waals surface area contributed by atoms with Gasteiger partial charge in [0.15, 0.2) is 0 Å². The lowest BCUT2D eigenvalue weighted by atomic mass is 10.0. The van der Waals surface area contributed by atoms with Gasteiger partial charge in [-0.3, -0.25) is 19.2 Å². The van der Waals surface area contributed by atoms with Crippen molar-refractivity contribution in [1.29, 1.82) is 0 Å². The van der Waals surface area contributed by atoms with E-state index in [2.05, 4.69) is 25.9 Å². The number of aromatic amines is 1. The Morgan fingerprint density at radius 3 is 2.19 bits per heavy atom. The first-order valence-electron chi connectivity index (χ1n) is 11.4. The van der Waals surface area contributed by atoms with Crippen LogP contribution in [-0.4, -0.2) is 73.9 Å². The third-order valence-electron chi connectivity index (χ3n) is 5.39. The van der Waals surface area contributed by atoms with Crippen molar-refractivity contribution in [3.8, 4) is 5.75 Å². The number of aliphatic carboxylic acids is 1. The number of imidazole rings is 1. The van der Waals surface area contributed by atoms with Crippen molar-refractivity contribution in [2.24, 2.45) is 11.5 Å². The molecule has 0 aliphatic carbocycles. The van der Waals surface area contributed by atoms with Crippen LogP contribution < -0.4 is 27.4 Å². The van der Waals surface area contributed by atoms with Gasteiger partial charge in [-0.25, -0.2) is 9.78 Å². The molecule has 2 aromatic rings. The summed E-state index contributed by atoms with van der Waals surface area (Å²) in [7, 11) is 0. The van der Waals surface area contributed by atoms with Crippen LogP contribution in [0.5, 0.6) is 5.75 Å². The first-order chi connectivity index (χ1) is 17.5. The summed E-state index contributed by atoms with van der Waals surface area (Å²) in [5.41, 5.74) is 12.2. The topological polar surface area (TPSA) is 243 Å². The number of carboxylic acid groups (broad SMARTS) is 1. The van der Waals surface area contributed by atoms with Crippen molar-refractivity contribution in [1.82, 2.24) is 25.9 Å². The number of benzene rings is 1. The number of primary amides is 1. The summed E-state index contributed by atoms with van der Waals surface area (Å²) >= 11 is 0. The third kappa shape index (κ3) is 9.60. The summed E-state index contributed by atoms with van der Waals surface area (Å²) in [6, 6.07) is 1.13. The summed E-state index contributed by atoms with van der Waals surface area (Å²) in [6.45, 7) is 1.40. The van der Waals surface area contributed by atoms with Gasteiger partial charge in [-0.15, -0.1) is 0 Å². The molecule has 1 heterocycles. The average Bonchev–Trinajstić information content (AvgIpc) is 3.35. The summed E-state index contributed by atoms with van der Waals surface area (Å²) in [6.07, 6.45) is 2.56. The molecule has 0 saturated carbocycles. The molecule has 10 N–H and O–H groups in total. The minimum Gasteiger partial charge on any atom is -0.508 e. The number of hydrogen-bond donors (Lipinski definition) is 8. The van der Waals surface area contributed by atoms with Gasteiger partial charge in [-0.2, -0.15) is 0 Å². The van der Waals surface area contributed by atoms with Crippen molar-refractivity contribution < 1.29 is 34.2 Å². The predicted octanol–water partition coefficient (Wildman–Crippen LogP) is -1.95. The van der Waals surface area contributed by atoms with Gasteiger partial charge in [0.1, 0.15) is 23.9 Å². The SMILES string of the molecule is CC(NC(=O)C(N)Cc1cnc[nH]1)C(=O)NC(Cc1ccc(O)cc1)C(=O)NC(CCC(N)=O)C(=O)O. The Kier molecular flexibility index (Phi) is 10.6. The van der Waals surface area contributed by atoms with Crippen LogP contribution in [-0.2, 0) is 36.8 Å². The van der Waals surface area contributed by atoms with Crippen LogP contribution in [0.3, 0.4) is 0 Å². The number of H-pyrrole nitrogens is 1. The molecule has 0 aliphatic heterocycles. The van der Waals surface area contributed by atoms with E-state index < -0.39 is 53.8 Å². The Morgan fingerprint density at radius 2 is 1.62 bits per heavy atom. The van der Waals surface area contributed by atoms with E-state index in [1.165, 1.54) is 43.7 Å². The molecular formula is C23H31N7O7. The normalized spacial score (nSPS) is 14.0. The maximum atomic E-state index is 13.0. The smallest absolute Gasteiger partial charge is 0.326 e. The molecule has 14 nitrogen and oxygen atoms in total. The number of carbonyl (C=O) groups excluding carboxylic acids is 4. The van der Waals surface area contributed by atoms with E-state index in [1.54, 1.807) is 0 Å². The molecule has 0 saturated heterocycles. The standard InChI is InChI=1S/C23H31N7O7/c1-12(28-21(34)16(24)9-14-10-26-11-27-14)20(33)30-18(8-13-2-4-15(31)5-3-13)22(35)29-17(23(36)37)6-7-19(25)32/h2-5,10-12,16-18,31H,6-9,24H2,1H3,(H2,25,32)(H,26,27)(H,28,34)(H,29,35)(H,30,33)(H,36,37). The van der Waals surface area contributed by atoms with Gasteiger partial charge in [-0.1, -0.05) is 12.1 Å². The molecule has 1 aromatic carbocycles. The van der Waals surface area contributed by atoms with Crippen molar-refractivity contribution in [2.75, 3.05) is 0 Å². The van der Waals surface area contributed by atoms with Crippen LogP contribution in [0.4, 0.5) is 0 Å². The molecule has 0 bridgehead atoms. The Balaban J connectivity index is 2.09. The van der Waals surface area contributed by atoms with Gasteiger partial charge in [0.25, 0.3) is 0 Å². The van der Waals surface area contributed by atoms with Crippen molar-refractivity contribution in [3.63, 3.8) is 0 Å². The number of nitrogens with zero attached hydrogens (tertiary/aromatic N) is 1. The van der Waals surface area contributed by atoms with Gasteiger partial charge < -0.3 is 42.6 Å². The number of aromatic nitrogens is 2. The molecule has 2 rings (SSSR count). The van der Waals surface area contributed by atoms with Crippen molar-refractivity contribution in [2.45, 2.75) is 56.8 Å². The van der Waals surface area contributed by atoms with Gasteiger partial charge >= 0.3 is 5.97 Å². The van der Waals surface area contributed by atoms with Crippen LogP contribution in [0.15, 0.2) is 36.8 Å². The fourth-order valence-corrected chi connectivity index (χ4v) is 3.30. The Labute approximate surface area is 212 Å². The number of rotatable bonds is 14. The number of nitrogens with one attached hydrogen (secondary N) is 4. The number of hydrogen-bond acceptors (Lipinski definition) is 8. The van der Waals surface area contributed by atoms with E-state index in [0.717, 1.165) is 0 Å². The number of phenols is 1. The van der Waals surface area contributed by atoms with Gasteiger partial charge in [0.05, 0.1) is 12.4 Å². The molecule has 200 valence electrons.